The minimum Gasteiger partial charge on any atom is -0.477 e. The van der Waals surface area contributed by atoms with E-state index < -0.39 is 5.97 Å². The molecule has 0 spiro atoms. The minimum absolute atomic E-state index is 0.0433. The van der Waals surface area contributed by atoms with Crippen LogP contribution >= 0.6 is 0 Å². The smallest absolute Gasteiger partial charge is 0.342 e. The Balaban J connectivity index is 2.37. The first kappa shape index (κ1) is 11.1. The molecular weight excluding hydrogens is 220 g/mol. The van der Waals surface area contributed by atoms with Crippen LogP contribution in [0.15, 0.2) is 36.8 Å². The largest absolute Gasteiger partial charge is 0.477 e. The molecule has 0 aliphatic carbocycles. The molecule has 0 aliphatic rings. The summed E-state index contributed by atoms with van der Waals surface area (Å²) in [5, 5.41) is 8.95. The van der Waals surface area contributed by atoms with E-state index in [9.17, 15) is 4.79 Å². The second-order valence-corrected chi connectivity index (χ2v) is 3.41. The number of carbonyl (C=O) groups is 1. The van der Waals surface area contributed by atoms with E-state index in [1.165, 1.54) is 12.5 Å². The molecule has 0 aliphatic heterocycles. The number of aromatic nitrogens is 2. The minimum atomic E-state index is -1.12. The molecule has 0 unspecified atom stereocenters. The predicted molar refractivity (Wildman–Crippen MR) is 60.2 cm³/mol. The lowest BCUT2D eigenvalue weighted by Crippen LogP contribution is -2.03. The molecule has 1 aromatic carbocycles. The van der Waals surface area contributed by atoms with E-state index in [1.807, 2.05) is 25.1 Å². The molecule has 5 nitrogen and oxygen atoms in total. The first-order chi connectivity index (χ1) is 8.18. The molecule has 2 rings (SSSR count). The van der Waals surface area contributed by atoms with E-state index in [1.54, 1.807) is 6.07 Å². The molecule has 2 aromatic rings. The van der Waals surface area contributed by atoms with Crippen LogP contribution in [0.1, 0.15) is 15.9 Å². The van der Waals surface area contributed by atoms with Gasteiger partial charge in [0.2, 0.25) is 5.88 Å². The third-order valence-electron chi connectivity index (χ3n) is 2.21. The zero-order chi connectivity index (χ0) is 12.3. The van der Waals surface area contributed by atoms with Gasteiger partial charge in [-0.3, -0.25) is 0 Å². The Hall–Kier alpha value is -2.43. The van der Waals surface area contributed by atoms with Crippen molar-refractivity contribution in [3.8, 4) is 11.6 Å². The Morgan fingerprint density at radius 2 is 2.12 bits per heavy atom. The first-order valence-corrected chi connectivity index (χ1v) is 4.95. The molecule has 0 fully saturated rings. The quantitative estimate of drug-likeness (QED) is 0.875. The van der Waals surface area contributed by atoms with Crippen LogP contribution < -0.4 is 4.74 Å². The summed E-state index contributed by atoms with van der Waals surface area (Å²) in [5.74, 6) is -0.496. The van der Waals surface area contributed by atoms with Crippen LogP contribution in [-0.4, -0.2) is 21.0 Å². The molecule has 1 aromatic heterocycles. The van der Waals surface area contributed by atoms with Crippen LogP contribution in [0, 0.1) is 6.92 Å². The summed E-state index contributed by atoms with van der Waals surface area (Å²) in [6.45, 7) is 1.87. The van der Waals surface area contributed by atoms with Gasteiger partial charge in [0, 0.05) is 6.20 Å². The molecule has 17 heavy (non-hydrogen) atoms. The van der Waals surface area contributed by atoms with Gasteiger partial charge in [-0.25, -0.2) is 14.8 Å². The molecule has 0 amide bonds. The highest BCUT2D eigenvalue weighted by atomic mass is 16.5. The number of hydrogen-bond donors (Lipinski definition) is 1. The van der Waals surface area contributed by atoms with Gasteiger partial charge in [0.1, 0.15) is 17.6 Å². The summed E-state index contributed by atoms with van der Waals surface area (Å²) in [6.07, 6.45) is 2.46. The van der Waals surface area contributed by atoms with Crippen molar-refractivity contribution in [3.63, 3.8) is 0 Å². The Morgan fingerprint density at radius 1 is 1.35 bits per heavy atom. The van der Waals surface area contributed by atoms with Crippen LogP contribution in [-0.2, 0) is 0 Å². The topological polar surface area (TPSA) is 72.3 Å². The van der Waals surface area contributed by atoms with Gasteiger partial charge in [0.15, 0.2) is 0 Å². The van der Waals surface area contributed by atoms with Crippen LogP contribution in [0.2, 0.25) is 0 Å². The molecule has 0 bridgehead atoms. The van der Waals surface area contributed by atoms with Gasteiger partial charge in [0.25, 0.3) is 0 Å². The van der Waals surface area contributed by atoms with Crippen molar-refractivity contribution in [1.82, 2.24) is 9.97 Å². The highest BCUT2D eigenvalue weighted by Crippen LogP contribution is 2.24. The molecule has 1 heterocycles. The molecule has 86 valence electrons. The third-order valence-corrected chi connectivity index (χ3v) is 2.21. The lowest BCUT2D eigenvalue weighted by Gasteiger charge is -2.08. The standard InChI is InChI=1S/C12H10N2O3/c1-8-4-2-3-5-10(8)17-11-9(12(15)16)6-13-7-14-11/h2-7H,1H3,(H,15,16). The van der Waals surface area contributed by atoms with Crippen LogP contribution in [0.4, 0.5) is 0 Å². The van der Waals surface area contributed by atoms with Crippen molar-refractivity contribution in [3.05, 3.63) is 47.9 Å². The van der Waals surface area contributed by atoms with Gasteiger partial charge in [0.05, 0.1) is 0 Å². The van der Waals surface area contributed by atoms with Crippen LogP contribution in [0.3, 0.4) is 0 Å². The van der Waals surface area contributed by atoms with Crippen molar-refractivity contribution < 1.29 is 14.6 Å². The normalized spacial score (nSPS) is 9.94. The van der Waals surface area contributed by atoms with E-state index >= 15 is 0 Å². The fraction of sp³-hybridized carbons (Fsp3) is 0.0833. The SMILES string of the molecule is Cc1ccccc1Oc1ncncc1C(=O)O. The average molecular weight is 230 g/mol. The Bertz CT molecular complexity index is 555. The summed E-state index contributed by atoms with van der Waals surface area (Å²) in [7, 11) is 0. The van der Waals surface area contributed by atoms with Gasteiger partial charge in [-0.2, -0.15) is 0 Å². The number of aryl methyl sites for hydroxylation is 1. The molecule has 5 heteroatoms. The van der Waals surface area contributed by atoms with Crippen LogP contribution in [0.25, 0.3) is 0 Å². The maximum absolute atomic E-state index is 10.9. The molecule has 0 radical (unpaired) electrons. The highest BCUT2D eigenvalue weighted by molar-refractivity contribution is 5.89. The summed E-state index contributed by atoms with van der Waals surface area (Å²) >= 11 is 0. The predicted octanol–water partition coefficient (Wildman–Crippen LogP) is 2.28. The number of ether oxygens (including phenoxy) is 1. The van der Waals surface area contributed by atoms with E-state index in [-0.39, 0.29) is 11.4 Å². The summed E-state index contributed by atoms with van der Waals surface area (Å²) in [5.41, 5.74) is 0.846. The fourth-order valence-electron chi connectivity index (χ4n) is 1.32. The number of hydrogen-bond acceptors (Lipinski definition) is 4. The average Bonchev–Trinajstić information content (AvgIpc) is 2.32. The van der Waals surface area contributed by atoms with Crippen LogP contribution in [0.5, 0.6) is 11.6 Å². The summed E-state index contributed by atoms with van der Waals surface area (Å²) in [6, 6.07) is 7.31. The summed E-state index contributed by atoms with van der Waals surface area (Å²) < 4.78 is 5.47. The zero-order valence-electron chi connectivity index (χ0n) is 9.12. The number of rotatable bonds is 3. The van der Waals surface area contributed by atoms with Crippen molar-refractivity contribution in [1.29, 1.82) is 0 Å². The van der Waals surface area contributed by atoms with Crippen molar-refractivity contribution in [2.24, 2.45) is 0 Å². The van der Waals surface area contributed by atoms with Gasteiger partial charge < -0.3 is 9.84 Å². The number of carboxylic acid groups (broad SMARTS) is 1. The Morgan fingerprint density at radius 3 is 2.82 bits per heavy atom. The van der Waals surface area contributed by atoms with Gasteiger partial charge in [-0.1, -0.05) is 18.2 Å². The van der Waals surface area contributed by atoms with Gasteiger partial charge in [-0.15, -0.1) is 0 Å². The number of aromatic carboxylic acids is 1. The summed E-state index contributed by atoms with van der Waals surface area (Å²) in [4.78, 5) is 18.4. The van der Waals surface area contributed by atoms with Gasteiger partial charge in [-0.05, 0) is 18.6 Å². The molecule has 0 atom stereocenters. The van der Waals surface area contributed by atoms with E-state index in [4.69, 9.17) is 9.84 Å². The Labute approximate surface area is 97.7 Å². The highest BCUT2D eigenvalue weighted by Gasteiger charge is 2.13. The van der Waals surface area contributed by atoms with Crippen molar-refractivity contribution in [2.45, 2.75) is 6.92 Å². The fourth-order valence-corrected chi connectivity index (χ4v) is 1.32. The first-order valence-electron chi connectivity index (χ1n) is 4.95. The van der Waals surface area contributed by atoms with Gasteiger partial charge >= 0.3 is 5.97 Å². The number of para-hydroxylation sites is 1. The van der Waals surface area contributed by atoms with E-state index in [2.05, 4.69) is 9.97 Å². The second-order valence-electron chi connectivity index (χ2n) is 3.41. The Kier molecular flexibility index (Phi) is 3.00. The second kappa shape index (κ2) is 4.61. The third kappa shape index (κ3) is 2.39. The molecule has 1 N–H and O–H groups in total. The maximum Gasteiger partial charge on any atom is 0.342 e. The molecule has 0 saturated carbocycles. The number of benzene rings is 1. The lowest BCUT2D eigenvalue weighted by atomic mass is 10.2. The van der Waals surface area contributed by atoms with E-state index in [0.717, 1.165) is 5.56 Å². The van der Waals surface area contributed by atoms with E-state index in [0.29, 0.717) is 5.75 Å². The van der Waals surface area contributed by atoms with Crippen molar-refractivity contribution >= 4 is 5.97 Å². The zero-order valence-corrected chi connectivity index (χ0v) is 9.12. The lowest BCUT2D eigenvalue weighted by molar-refractivity contribution is 0.0693. The number of nitrogens with zero attached hydrogens (tertiary/aromatic N) is 2. The maximum atomic E-state index is 10.9. The van der Waals surface area contributed by atoms with Crippen molar-refractivity contribution in [2.75, 3.05) is 0 Å². The monoisotopic (exact) mass is 230 g/mol. The molecular formula is C12H10N2O3. The molecule has 0 saturated heterocycles. The number of carboxylic acids is 1.